The molecule has 0 atom stereocenters. The molecular formula is C12H12N2O5. The topological polar surface area (TPSA) is 89.8 Å². The number of fused-ring (bicyclic) bond motifs is 1. The summed E-state index contributed by atoms with van der Waals surface area (Å²) >= 11 is 0. The van der Waals surface area contributed by atoms with Gasteiger partial charge >= 0.3 is 5.97 Å². The monoisotopic (exact) mass is 264 g/mol. The summed E-state index contributed by atoms with van der Waals surface area (Å²) in [5.74, 6) is -0.504. The lowest BCUT2D eigenvalue weighted by Crippen LogP contribution is -2.26. The van der Waals surface area contributed by atoms with Crippen molar-refractivity contribution >= 4 is 23.3 Å². The molecule has 1 aliphatic heterocycles. The van der Waals surface area contributed by atoms with Crippen molar-refractivity contribution in [1.29, 1.82) is 0 Å². The lowest BCUT2D eigenvalue weighted by molar-refractivity contribution is -0.384. The van der Waals surface area contributed by atoms with E-state index in [1.807, 2.05) is 0 Å². The van der Waals surface area contributed by atoms with E-state index >= 15 is 0 Å². The Kier molecular flexibility index (Phi) is 3.20. The maximum atomic E-state index is 11.5. The fraction of sp³-hybridized carbons (Fsp3) is 0.333. The van der Waals surface area contributed by atoms with Gasteiger partial charge in [0.05, 0.1) is 4.92 Å². The molecule has 7 heteroatoms. The van der Waals surface area contributed by atoms with Gasteiger partial charge in [0.2, 0.25) is 5.91 Å². The van der Waals surface area contributed by atoms with Gasteiger partial charge in [-0.15, -0.1) is 0 Å². The molecule has 0 saturated carbocycles. The molecule has 0 bridgehead atoms. The van der Waals surface area contributed by atoms with Crippen molar-refractivity contribution in [3.8, 4) is 5.75 Å². The summed E-state index contributed by atoms with van der Waals surface area (Å²) in [6.45, 7) is 2.95. The summed E-state index contributed by atoms with van der Waals surface area (Å²) in [5, 5.41) is 11.0. The van der Waals surface area contributed by atoms with Crippen molar-refractivity contribution in [3.05, 3.63) is 27.8 Å². The summed E-state index contributed by atoms with van der Waals surface area (Å²) in [6, 6.07) is 2.64. The minimum Gasteiger partial charge on any atom is -0.426 e. The summed E-state index contributed by atoms with van der Waals surface area (Å²) in [5.41, 5.74) is 0.606. The van der Waals surface area contributed by atoms with Gasteiger partial charge in [0.25, 0.3) is 5.69 Å². The van der Waals surface area contributed by atoms with Gasteiger partial charge in [0.15, 0.2) is 0 Å². The number of carbonyl (C=O) groups excluding carboxylic acids is 2. The molecule has 1 amide bonds. The fourth-order valence-electron chi connectivity index (χ4n) is 2.20. The van der Waals surface area contributed by atoms with Gasteiger partial charge in [-0.2, -0.15) is 0 Å². The highest BCUT2D eigenvalue weighted by atomic mass is 16.6. The van der Waals surface area contributed by atoms with Crippen molar-refractivity contribution in [2.75, 3.05) is 11.4 Å². The molecule has 1 heterocycles. The number of hydrogen-bond acceptors (Lipinski definition) is 5. The Hall–Kier alpha value is -2.44. The molecule has 1 aromatic rings. The summed E-state index contributed by atoms with van der Waals surface area (Å²) < 4.78 is 5.02. The maximum Gasteiger partial charge on any atom is 0.308 e. The molecule has 7 nitrogen and oxygen atoms in total. The molecule has 0 fully saturated rings. The minimum absolute atomic E-state index is 0.154. The third kappa shape index (κ3) is 2.26. The molecule has 100 valence electrons. The summed E-state index contributed by atoms with van der Waals surface area (Å²) in [6.07, 6.45) is 0.430. The number of nitro groups is 1. The van der Waals surface area contributed by atoms with Crippen molar-refractivity contribution in [3.63, 3.8) is 0 Å². The highest BCUT2D eigenvalue weighted by molar-refractivity contribution is 5.97. The zero-order valence-corrected chi connectivity index (χ0v) is 10.5. The van der Waals surface area contributed by atoms with Crippen LogP contribution in [0.1, 0.15) is 19.4 Å². The number of amides is 1. The second kappa shape index (κ2) is 4.68. The second-order valence-electron chi connectivity index (χ2n) is 4.18. The van der Waals surface area contributed by atoms with Crippen LogP contribution in [0, 0.1) is 10.1 Å². The maximum absolute atomic E-state index is 11.5. The average Bonchev–Trinajstić information content (AvgIpc) is 2.73. The molecule has 0 aliphatic carbocycles. The first-order chi connectivity index (χ1) is 8.91. The van der Waals surface area contributed by atoms with Gasteiger partial charge in [-0.25, -0.2) is 0 Å². The van der Waals surface area contributed by atoms with Crippen LogP contribution in [0.15, 0.2) is 12.1 Å². The number of carbonyl (C=O) groups is 2. The molecule has 1 aliphatic rings. The average molecular weight is 264 g/mol. The van der Waals surface area contributed by atoms with Gasteiger partial charge in [-0.05, 0) is 12.5 Å². The van der Waals surface area contributed by atoms with E-state index in [1.165, 1.54) is 30.9 Å². The van der Waals surface area contributed by atoms with E-state index in [9.17, 15) is 19.7 Å². The Morgan fingerprint density at radius 3 is 2.58 bits per heavy atom. The molecule has 19 heavy (non-hydrogen) atoms. The third-order valence-electron chi connectivity index (χ3n) is 2.90. The standard InChI is InChI=1S/C12H12N2O5/c1-7(15)13-6-5-9-11(19-8(2)16)4-3-10(12(9)13)14(17)18/h3-4H,5-6H2,1-2H3. The first-order valence-electron chi connectivity index (χ1n) is 5.68. The molecular weight excluding hydrogens is 252 g/mol. The van der Waals surface area contributed by atoms with Crippen LogP contribution >= 0.6 is 0 Å². The number of nitro benzene ring substituents is 1. The van der Waals surface area contributed by atoms with Gasteiger partial charge in [0, 0.05) is 32.0 Å². The SMILES string of the molecule is CC(=O)Oc1ccc([N+](=O)[O-])c2c1CCN2C(C)=O. The first kappa shape index (κ1) is 13.0. The predicted octanol–water partition coefficient (Wildman–Crippen LogP) is 1.43. The van der Waals surface area contributed by atoms with Crippen molar-refractivity contribution in [2.24, 2.45) is 0 Å². The van der Waals surface area contributed by atoms with Crippen LogP contribution in [-0.2, 0) is 16.0 Å². The highest BCUT2D eigenvalue weighted by Gasteiger charge is 2.33. The molecule has 0 N–H and O–H groups in total. The normalized spacial score (nSPS) is 13.1. The van der Waals surface area contributed by atoms with Gasteiger partial charge in [-0.1, -0.05) is 0 Å². The first-order valence-corrected chi connectivity index (χ1v) is 5.68. The van der Waals surface area contributed by atoms with E-state index in [4.69, 9.17) is 4.74 Å². The molecule has 0 saturated heterocycles. The van der Waals surface area contributed by atoms with Crippen LogP contribution in [-0.4, -0.2) is 23.3 Å². The number of esters is 1. The van der Waals surface area contributed by atoms with E-state index in [1.54, 1.807) is 0 Å². The van der Waals surface area contributed by atoms with Crippen LogP contribution in [0.5, 0.6) is 5.75 Å². The number of hydrogen-bond donors (Lipinski definition) is 0. The zero-order chi connectivity index (χ0) is 14.2. The van der Waals surface area contributed by atoms with E-state index < -0.39 is 10.9 Å². The van der Waals surface area contributed by atoms with E-state index in [-0.39, 0.29) is 23.0 Å². The number of rotatable bonds is 2. The Morgan fingerprint density at radius 1 is 1.37 bits per heavy atom. The molecule has 0 aromatic heterocycles. The zero-order valence-electron chi connectivity index (χ0n) is 10.5. The van der Waals surface area contributed by atoms with E-state index in [0.717, 1.165) is 0 Å². The lowest BCUT2D eigenvalue weighted by Gasteiger charge is -2.15. The number of nitrogens with zero attached hydrogens (tertiary/aromatic N) is 2. The molecule has 0 radical (unpaired) electrons. The van der Waals surface area contributed by atoms with E-state index in [2.05, 4.69) is 0 Å². The highest BCUT2D eigenvalue weighted by Crippen LogP contribution is 2.42. The largest absolute Gasteiger partial charge is 0.426 e. The molecule has 0 unspecified atom stereocenters. The van der Waals surface area contributed by atoms with Crippen molar-refractivity contribution in [2.45, 2.75) is 20.3 Å². The van der Waals surface area contributed by atoms with Crippen LogP contribution in [0.2, 0.25) is 0 Å². The van der Waals surface area contributed by atoms with Gasteiger partial charge in [-0.3, -0.25) is 19.7 Å². The predicted molar refractivity (Wildman–Crippen MR) is 66.1 cm³/mol. The Balaban J connectivity index is 2.59. The Morgan fingerprint density at radius 2 is 2.05 bits per heavy atom. The Bertz CT molecular complexity index is 582. The second-order valence-corrected chi connectivity index (χ2v) is 4.18. The minimum atomic E-state index is -0.544. The number of anilines is 1. The number of benzene rings is 1. The van der Waals surface area contributed by atoms with Crippen LogP contribution < -0.4 is 9.64 Å². The van der Waals surface area contributed by atoms with E-state index in [0.29, 0.717) is 18.5 Å². The van der Waals surface area contributed by atoms with Gasteiger partial charge < -0.3 is 9.64 Å². The molecule has 2 rings (SSSR count). The Labute approximate surface area is 108 Å². The van der Waals surface area contributed by atoms with Crippen molar-refractivity contribution in [1.82, 2.24) is 0 Å². The third-order valence-corrected chi connectivity index (χ3v) is 2.90. The number of ether oxygens (including phenoxy) is 1. The van der Waals surface area contributed by atoms with Gasteiger partial charge in [0.1, 0.15) is 11.4 Å². The lowest BCUT2D eigenvalue weighted by atomic mass is 10.1. The van der Waals surface area contributed by atoms with Crippen molar-refractivity contribution < 1.29 is 19.2 Å². The quantitative estimate of drug-likeness (QED) is 0.349. The molecule has 1 aromatic carbocycles. The van der Waals surface area contributed by atoms with Crippen LogP contribution in [0.4, 0.5) is 11.4 Å². The van der Waals surface area contributed by atoms with Crippen LogP contribution in [0.3, 0.4) is 0 Å². The smallest absolute Gasteiger partial charge is 0.308 e. The summed E-state index contributed by atoms with van der Waals surface area (Å²) in [4.78, 5) is 34.3. The summed E-state index contributed by atoms with van der Waals surface area (Å²) in [7, 11) is 0. The van der Waals surface area contributed by atoms with Crippen LogP contribution in [0.25, 0.3) is 0 Å². The fourth-order valence-corrected chi connectivity index (χ4v) is 2.20. The molecule has 0 spiro atoms.